The first-order valence-electron chi connectivity index (χ1n) is 5.57. The van der Waals surface area contributed by atoms with Crippen molar-refractivity contribution in [2.75, 3.05) is 18.4 Å². The Balaban J connectivity index is 2.17. The summed E-state index contributed by atoms with van der Waals surface area (Å²) in [6.07, 6.45) is 0.720. The zero-order valence-electron chi connectivity index (χ0n) is 9.55. The topological polar surface area (TPSA) is 104 Å². The molecule has 2 rings (SSSR count). The summed E-state index contributed by atoms with van der Waals surface area (Å²) < 4.78 is 0. The van der Waals surface area contributed by atoms with Gasteiger partial charge in [-0.15, -0.1) is 0 Å². The first-order valence-corrected chi connectivity index (χ1v) is 5.57. The molecule has 0 radical (unpaired) electrons. The molecule has 1 unspecified atom stereocenters. The van der Waals surface area contributed by atoms with Crippen LogP contribution in [-0.4, -0.2) is 29.0 Å². The van der Waals surface area contributed by atoms with Crippen LogP contribution in [0.2, 0.25) is 0 Å². The molecular formula is C11H13N3O4. The lowest BCUT2D eigenvalue weighted by molar-refractivity contribution is -0.384. The number of carbonyl (C=O) groups excluding carboxylic acids is 1. The number of amides is 1. The molecule has 1 heterocycles. The van der Waals surface area contributed by atoms with E-state index in [9.17, 15) is 20.0 Å². The Morgan fingerprint density at radius 3 is 2.94 bits per heavy atom. The van der Waals surface area contributed by atoms with Gasteiger partial charge < -0.3 is 15.7 Å². The fourth-order valence-electron chi connectivity index (χ4n) is 1.89. The Labute approximate surface area is 103 Å². The number of rotatable bonds is 3. The molecule has 7 nitrogen and oxygen atoms in total. The number of nitro benzene ring substituents is 1. The highest BCUT2D eigenvalue weighted by Crippen LogP contribution is 2.29. The van der Waals surface area contributed by atoms with E-state index in [1.807, 2.05) is 0 Å². The van der Waals surface area contributed by atoms with Crippen LogP contribution in [0, 0.1) is 16.0 Å². The van der Waals surface area contributed by atoms with E-state index >= 15 is 0 Å². The molecule has 1 amide bonds. The Kier molecular flexibility index (Phi) is 3.42. The molecule has 3 N–H and O–H groups in total. The van der Waals surface area contributed by atoms with Crippen LogP contribution in [0.3, 0.4) is 0 Å². The molecule has 7 heteroatoms. The van der Waals surface area contributed by atoms with Gasteiger partial charge >= 0.3 is 0 Å². The van der Waals surface area contributed by atoms with Crippen molar-refractivity contribution in [1.82, 2.24) is 5.32 Å². The summed E-state index contributed by atoms with van der Waals surface area (Å²) in [6, 6.07) is 3.64. The second-order valence-corrected chi connectivity index (χ2v) is 4.14. The summed E-state index contributed by atoms with van der Waals surface area (Å²) in [6.45, 7) is 1.35. The van der Waals surface area contributed by atoms with Crippen molar-refractivity contribution < 1.29 is 14.8 Å². The van der Waals surface area contributed by atoms with E-state index in [1.54, 1.807) is 0 Å². The number of phenols is 1. The van der Waals surface area contributed by atoms with Gasteiger partial charge in [0.05, 0.1) is 16.9 Å². The molecule has 96 valence electrons. The standard InChI is InChI=1S/C11H13N3O4/c15-8-1-2-9(10(5-8)14(17)18)13-11(16)7-3-4-12-6-7/h1-2,5,7,12,15H,3-4,6H2,(H,13,16). The van der Waals surface area contributed by atoms with Crippen molar-refractivity contribution in [2.45, 2.75) is 6.42 Å². The molecular weight excluding hydrogens is 238 g/mol. The fourth-order valence-corrected chi connectivity index (χ4v) is 1.89. The van der Waals surface area contributed by atoms with E-state index in [1.165, 1.54) is 12.1 Å². The Morgan fingerprint density at radius 1 is 1.56 bits per heavy atom. The van der Waals surface area contributed by atoms with E-state index in [0.717, 1.165) is 19.0 Å². The van der Waals surface area contributed by atoms with Gasteiger partial charge in [0, 0.05) is 6.54 Å². The molecule has 1 aromatic rings. The molecule has 0 bridgehead atoms. The van der Waals surface area contributed by atoms with Gasteiger partial charge in [0.15, 0.2) is 0 Å². The van der Waals surface area contributed by atoms with Crippen molar-refractivity contribution in [3.8, 4) is 5.75 Å². The second-order valence-electron chi connectivity index (χ2n) is 4.14. The number of aromatic hydroxyl groups is 1. The highest BCUT2D eigenvalue weighted by atomic mass is 16.6. The van der Waals surface area contributed by atoms with Gasteiger partial charge in [-0.2, -0.15) is 0 Å². The van der Waals surface area contributed by atoms with Crippen LogP contribution in [-0.2, 0) is 4.79 Å². The predicted octanol–water partition coefficient (Wildman–Crippen LogP) is 0.848. The van der Waals surface area contributed by atoms with E-state index in [4.69, 9.17) is 0 Å². The molecule has 1 aliphatic heterocycles. The summed E-state index contributed by atoms with van der Waals surface area (Å²) in [5.74, 6) is -0.616. The van der Waals surface area contributed by atoms with Crippen molar-refractivity contribution in [2.24, 2.45) is 5.92 Å². The maximum Gasteiger partial charge on any atom is 0.296 e. The molecule has 1 aliphatic rings. The lowest BCUT2D eigenvalue weighted by atomic mass is 10.1. The summed E-state index contributed by atoms with van der Waals surface area (Å²) in [4.78, 5) is 22.0. The van der Waals surface area contributed by atoms with Gasteiger partial charge in [-0.25, -0.2) is 0 Å². The van der Waals surface area contributed by atoms with Crippen LogP contribution in [0.4, 0.5) is 11.4 Å². The molecule has 0 spiro atoms. The highest BCUT2D eigenvalue weighted by Gasteiger charge is 2.24. The number of benzene rings is 1. The molecule has 1 atom stereocenters. The molecule has 1 fully saturated rings. The molecule has 0 saturated carbocycles. The van der Waals surface area contributed by atoms with E-state index in [0.29, 0.717) is 6.54 Å². The summed E-state index contributed by atoms with van der Waals surface area (Å²) in [5.41, 5.74) is -0.205. The van der Waals surface area contributed by atoms with Crippen LogP contribution in [0.25, 0.3) is 0 Å². The Morgan fingerprint density at radius 2 is 2.33 bits per heavy atom. The van der Waals surface area contributed by atoms with E-state index < -0.39 is 4.92 Å². The number of nitro groups is 1. The summed E-state index contributed by atoms with van der Waals surface area (Å²) in [7, 11) is 0. The van der Waals surface area contributed by atoms with Crippen LogP contribution < -0.4 is 10.6 Å². The normalized spacial score (nSPS) is 18.6. The molecule has 0 aromatic heterocycles. The number of phenolic OH excluding ortho intramolecular Hbond substituents is 1. The average Bonchev–Trinajstić information content (AvgIpc) is 2.84. The minimum Gasteiger partial charge on any atom is -0.508 e. The minimum absolute atomic E-state index is 0.106. The molecule has 1 saturated heterocycles. The van der Waals surface area contributed by atoms with Crippen LogP contribution in [0.5, 0.6) is 5.75 Å². The smallest absolute Gasteiger partial charge is 0.296 e. The zero-order chi connectivity index (χ0) is 13.1. The quantitative estimate of drug-likeness (QED) is 0.419. The van der Waals surface area contributed by atoms with Gasteiger partial charge in [-0.1, -0.05) is 0 Å². The minimum atomic E-state index is -0.637. The van der Waals surface area contributed by atoms with Gasteiger partial charge in [0.25, 0.3) is 5.69 Å². The molecule has 18 heavy (non-hydrogen) atoms. The number of nitrogens with zero attached hydrogens (tertiary/aromatic N) is 1. The summed E-state index contributed by atoms with van der Waals surface area (Å²) in [5, 5.41) is 25.6. The van der Waals surface area contributed by atoms with E-state index in [-0.39, 0.29) is 28.9 Å². The monoisotopic (exact) mass is 251 g/mol. The number of anilines is 1. The van der Waals surface area contributed by atoms with Crippen LogP contribution >= 0.6 is 0 Å². The first-order chi connectivity index (χ1) is 8.58. The maximum absolute atomic E-state index is 11.8. The fraction of sp³-hybridized carbons (Fsp3) is 0.364. The number of carbonyl (C=O) groups is 1. The lowest BCUT2D eigenvalue weighted by Gasteiger charge is -2.10. The van der Waals surface area contributed by atoms with Gasteiger partial charge in [-0.3, -0.25) is 14.9 Å². The number of hydrogen-bond acceptors (Lipinski definition) is 5. The van der Waals surface area contributed by atoms with Crippen LogP contribution in [0.1, 0.15) is 6.42 Å². The van der Waals surface area contributed by atoms with Crippen molar-refractivity contribution >= 4 is 17.3 Å². The third-order valence-corrected chi connectivity index (χ3v) is 2.87. The number of nitrogens with one attached hydrogen (secondary N) is 2. The van der Waals surface area contributed by atoms with Crippen molar-refractivity contribution in [1.29, 1.82) is 0 Å². The van der Waals surface area contributed by atoms with Crippen molar-refractivity contribution in [3.63, 3.8) is 0 Å². The van der Waals surface area contributed by atoms with Crippen LogP contribution in [0.15, 0.2) is 18.2 Å². The third-order valence-electron chi connectivity index (χ3n) is 2.87. The van der Waals surface area contributed by atoms with Gasteiger partial charge in [0.1, 0.15) is 11.4 Å². The number of hydrogen-bond donors (Lipinski definition) is 3. The first kappa shape index (κ1) is 12.3. The third kappa shape index (κ3) is 2.57. The summed E-state index contributed by atoms with van der Waals surface area (Å²) >= 11 is 0. The Hall–Kier alpha value is -2.15. The van der Waals surface area contributed by atoms with Crippen molar-refractivity contribution in [3.05, 3.63) is 28.3 Å². The SMILES string of the molecule is O=C(Nc1ccc(O)cc1[N+](=O)[O-])C1CCNC1. The highest BCUT2D eigenvalue weighted by molar-refractivity contribution is 5.95. The Bertz CT molecular complexity index is 483. The molecule has 0 aliphatic carbocycles. The van der Waals surface area contributed by atoms with E-state index in [2.05, 4.69) is 10.6 Å². The molecule has 1 aromatic carbocycles. The lowest BCUT2D eigenvalue weighted by Crippen LogP contribution is -2.24. The van der Waals surface area contributed by atoms with Gasteiger partial charge in [0.2, 0.25) is 5.91 Å². The second kappa shape index (κ2) is 5.01. The predicted molar refractivity (Wildman–Crippen MR) is 64.4 cm³/mol. The maximum atomic E-state index is 11.8. The largest absolute Gasteiger partial charge is 0.508 e. The zero-order valence-corrected chi connectivity index (χ0v) is 9.55. The average molecular weight is 251 g/mol. The van der Waals surface area contributed by atoms with Gasteiger partial charge in [-0.05, 0) is 25.1 Å².